The molecule has 0 saturated carbocycles. The molecule has 4 heterocycles. The number of anilines is 3. The van der Waals surface area contributed by atoms with E-state index in [2.05, 4.69) is 30.6 Å². The maximum absolute atomic E-state index is 13.4. The Kier molecular flexibility index (Phi) is 8.61. The Morgan fingerprint density at radius 3 is 2.35 bits per heavy atom. The maximum Gasteiger partial charge on any atom is 0.416 e. The predicted molar refractivity (Wildman–Crippen MR) is 168 cm³/mol. The van der Waals surface area contributed by atoms with Crippen LogP contribution in [0.3, 0.4) is 0 Å². The number of ether oxygens (including phenoxy) is 1. The van der Waals surface area contributed by atoms with Crippen LogP contribution < -0.4 is 20.3 Å². The van der Waals surface area contributed by atoms with Crippen LogP contribution >= 0.6 is 11.3 Å². The molecule has 14 heteroatoms. The fraction of sp³-hybridized carbons (Fsp3) is 0.188. The van der Waals surface area contributed by atoms with E-state index >= 15 is 0 Å². The lowest BCUT2D eigenvalue weighted by molar-refractivity contribution is -0.137. The average molecular weight is 646 g/mol. The van der Waals surface area contributed by atoms with E-state index < -0.39 is 17.8 Å². The summed E-state index contributed by atoms with van der Waals surface area (Å²) in [6, 6.07) is 13.0. The second kappa shape index (κ2) is 12.9. The predicted octanol–water partition coefficient (Wildman–Crippen LogP) is 7.94. The van der Waals surface area contributed by atoms with Crippen LogP contribution in [0.1, 0.15) is 30.5 Å². The molecule has 1 fully saturated rings. The molecule has 0 aliphatic carbocycles. The van der Waals surface area contributed by atoms with Crippen LogP contribution in [0.5, 0.6) is 11.8 Å². The van der Waals surface area contributed by atoms with Gasteiger partial charge in [-0.1, -0.05) is 23.5 Å². The number of nitrogens with zero attached hydrogens (tertiary/aromatic N) is 5. The molecule has 1 saturated heterocycles. The van der Waals surface area contributed by atoms with E-state index in [0.717, 1.165) is 41.1 Å². The van der Waals surface area contributed by atoms with Gasteiger partial charge in [0.1, 0.15) is 5.75 Å². The molecule has 2 N–H and O–H groups in total. The fourth-order valence-electron chi connectivity index (χ4n) is 4.74. The number of thiazole rings is 1. The van der Waals surface area contributed by atoms with Gasteiger partial charge in [-0.3, -0.25) is 14.7 Å². The van der Waals surface area contributed by atoms with Crippen LogP contribution in [0.4, 0.5) is 34.5 Å². The van der Waals surface area contributed by atoms with Gasteiger partial charge in [-0.05, 0) is 67.8 Å². The number of hydrogen-bond donors (Lipinski definition) is 2. The molecular weight excluding hydrogens is 619 g/mol. The molecule has 0 bridgehead atoms. The zero-order valence-corrected chi connectivity index (χ0v) is 25.2. The molecule has 46 heavy (non-hydrogen) atoms. The van der Waals surface area contributed by atoms with Crippen molar-refractivity contribution < 1.29 is 27.5 Å². The van der Waals surface area contributed by atoms with Crippen molar-refractivity contribution in [1.82, 2.24) is 19.9 Å². The number of piperidine rings is 1. The lowest BCUT2D eigenvalue weighted by Crippen LogP contribution is -2.34. The van der Waals surface area contributed by atoms with Crippen LogP contribution in [-0.2, 0) is 11.0 Å². The van der Waals surface area contributed by atoms with Crippen LogP contribution in [0.2, 0.25) is 0 Å². The van der Waals surface area contributed by atoms with E-state index in [-0.39, 0.29) is 23.3 Å². The summed E-state index contributed by atoms with van der Waals surface area (Å²) in [7, 11) is 0. The molecule has 6 rings (SSSR count). The number of aromatic nitrogens is 4. The summed E-state index contributed by atoms with van der Waals surface area (Å²) >= 11 is 1.45. The summed E-state index contributed by atoms with van der Waals surface area (Å²) in [6.07, 6.45) is 3.71. The molecular formula is C32H26F3N7O3S. The van der Waals surface area contributed by atoms with Crippen LogP contribution in [0.15, 0.2) is 79.4 Å². The van der Waals surface area contributed by atoms with Crippen LogP contribution in [0.25, 0.3) is 21.6 Å². The van der Waals surface area contributed by atoms with Crippen molar-refractivity contribution in [3.8, 4) is 33.3 Å². The summed E-state index contributed by atoms with van der Waals surface area (Å²) in [5.74, 6) is 0.569. The Bertz CT molecular complexity index is 1860. The third-order valence-corrected chi connectivity index (χ3v) is 8.17. The Morgan fingerprint density at radius 1 is 0.891 bits per heavy atom. The normalized spacial score (nSPS) is 13.4. The fourth-order valence-corrected chi connectivity index (χ4v) is 5.71. The molecule has 0 radical (unpaired) electrons. The quantitative estimate of drug-likeness (QED) is 0.184. The SMILES string of the molecule is Cc1ccc(-c2ccc(C(F)(F)F)cc2NC(=O)Nc2cnc(Oc3ccc(-c4cnc(N5CCCCC5=O)s4)cc3)nc2)cn1. The Morgan fingerprint density at radius 2 is 1.65 bits per heavy atom. The monoisotopic (exact) mass is 645 g/mol. The largest absolute Gasteiger partial charge is 0.424 e. The lowest BCUT2D eigenvalue weighted by atomic mass is 10.0. The number of benzene rings is 2. The first kappa shape index (κ1) is 30.6. The van der Waals surface area contributed by atoms with Crippen molar-refractivity contribution in [1.29, 1.82) is 0 Å². The third-order valence-electron chi connectivity index (χ3n) is 7.10. The molecule has 3 amide bonds. The molecule has 1 aliphatic rings. The summed E-state index contributed by atoms with van der Waals surface area (Å²) < 4.78 is 46.0. The molecule has 10 nitrogen and oxygen atoms in total. The minimum Gasteiger partial charge on any atom is -0.424 e. The zero-order valence-electron chi connectivity index (χ0n) is 24.3. The number of amides is 3. The first-order valence-corrected chi connectivity index (χ1v) is 15.0. The lowest BCUT2D eigenvalue weighted by Gasteiger charge is -2.23. The minimum absolute atomic E-state index is 0.0226. The number of carbonyl (C=O) groups excluding carboxylic acids is 2. The van der Waals surface area contributed by atoms with Crippen LogP contribution in [0, 0.1) is 6.92 Å². The molecule has 0 unspecified atom stereocenters. The highest BCUT2D eigenvalue weighted by atomic mass is 32.1. The molecule has 2 aromatic carbocycles. The number of alkyl halides is 3. The number of hydrogen-bond acceptors (Lipinski definition) is 8. The highest BCUT2D eigenvalue weighted by molar-refractivity contribution is 7.19. The topological polar surface area (TPSA) is 122 Å². The number of aryl methyl sites for hydroxylation is 1. The van der Waals surface area contributed by atoms with E-state index in [4.69, 9.17) is 4.74 Å². The second-order valence-electron chi connectivity index (χ2n) is 10.4. The van der Waals surface area contributed by atoms with Crippen molar-refractivity contribution >= 4 is 39.8 Å². The smallest absolute Gasteiger partial charge is 0.416 e. The number of nitrogens with one attached hydrogen (secondary N) is 2. The highest BCUT2D eigenvalue weighted by Crippen LogP contribution is 2.36. The molecule has 234 valence electrons. The first-order chi connectivity index (χ1) is 22.1. The molecule has 0 atom stereocenters. The van der Waals surface area contributed by atoms with Gasteiger partial charge in [0.2, 0.25) is 5.91 Å². The number of urea groups is 1. The molecule has 3 aromatic heterocycles. The number of rotatable bonds is 7. The molecule has 0 spiro atoms. The Balaban J connectivity index is 1.09. The van der Waals surface area contributed by atoms with Gasteiger partial charge in [-0.15, -0.1) is 0 Å². The average Bonchev–Trinajstić information content (AvgIpc) is 3.53. The van der Waals surface area contributed by atoms with Gasteiger partial charge in [0.05, 0.1) is 34.2 Å². The number of pyridine rings is 1. The van der Waals surface area contributed by atoms with Gasteiger partial charge in [-0.2, -0.15) is 13.2 Å². The van der Waals surface area contributed by atoms with E-state index in [1.54, 1.807) is 42.3 Å². The van der Waals surface area contributed by atoms with Gasteiger partial charge >= 0.3 is 18.2 Å². The number of carbonyl (C=O) groups is 2. The molecule has 1 aliphatic heterocycles. The Hall–Kier alpha value is -5.37. The van der Waals surface area contributed by atoms with Crippen molar-refractivity contribution in [2.24, 2.45) is 0 Å². The summed E-state index contributed by atoms with van der Waals surface area (Å²) in [5.41, 5.74) is 1.80. The third kappa shape index (κ3) is 7.12. The van der Waals surface area contributed by atoms with Crippen LogP contribution in [-0.4, -0.2) is 38.4 Å². The van der Waals surface area contributed by atoms with Gasteiger partial charge in [0, 0.05) is 42.2 Å². The zero-order chi connectivity index (χ0) is 32.3. The van der Waals surface area contributed by atoms with Gasteiger partial charge in [0.15, 0.2) is 5.13 Å². The minimum atomic E-state index is -4.60. The van der Waals surface area contributed by atoms with E-state index in [1.807, 2.05) is 12.1 Å². The van der Waals surface area contributed by atoms with Gasteiger partial charge in [0.25, 0.3) is 0 Å². The van der Waals surface area contributed by atoms with E-state index in [0.29, 0.717) is 35.0 Å². The maximum atomic E-state index is 13.4. The van der Waals surface area contributed by atoms with Crippen molar-refractivity contribution in [2.45, 2.75) is 32.4 Å². The van der Waals surface area contributed by atoms with Crippen molar-refractivity contribution in [3.63, 3.8) is 0 Å². The van der Waals surface area contributed by atoms with E-state index in [9.17, 15) is 22.8 Å². The molecule has 5 aromatic rings. The first-order valence-electron chi connectivity index (χ1n) is 14.2. The Labute approximate surface area is 265 Å². The highest BCUT2D eigenvalue weighted by Gasteiger charge is 2.31. The second-order valence-corrected chi connectivity index (χ2v) is 11.4. The van der Waals surface area contributed by atoms with Crippen molar-refractivity contribution in [2.75, 3.05) is 22.1 Å². The number of halogens is 3. The van der Waals surface area contributed by atoms with Crippen molar-refractivity contribution in [3.05, 3.63) is 90.6 Å². The standard InChI is InChI=1S/C32H26F3N7O3S/c1-19-5-6-21(15-36-19)25-12-9-22(32(33,34)35)14-26(25)41-29(44)40-23-16-37-30(38-17-23)45-24-10-7-20(8-11-24)27-18-39-31(46-27)42-13-3-2-4-28(42)43/h5-12,14-18H,2-4,13H2,1H3,(H2,40,41,44). The van der Waals surface area contributed by atoms with E-state index in [1.165, 1.54) is 36.0 Å². The van der Waals surface area contributed by atoms with Gasteiger partial charge < -0.3 is 15.4 Å². The summed E-state index contributed by atoms with van der Waals surface area (Å²) in [5, 5.41) is 5.71. The summed E-state index contributed by atoms with van der Waals surface area (Å²) in [6.45, 7) is 2.47. The summed E-state index contributed by atoms with van der Waals surface area (Å²) in [4.78, 5) is 44.5. The van der Waals surface area contributed by atoms with Gasteiger partial charge in [-0.25, -0.2) is 19.7 Å².